The van der Waals surface area contributed by atoms with Crippen molar-refractivity contribution >= 4 is 29.2 Å². The number of rotatable bonds is 4. The first-order valence-corrected chi connectivity index (χ1v) is 5.81. The Kier molecular flexibility index (Phi) is 4.96. The van der Waals surface area contributed by atoms with Crippen LogP contribution in [0.1, 0.15) is 19.0 Å². The van der Waals surface area contributed by atoms with Gasteiger partial charge in [0.15, 0.2) is 5.15 Å². The molecule has 0 unspecified atom stereocenters. The SMILES string of the molecule is CCOC(=O)CCn1c(C)c(Cl)nc(Cl)c1=O. The summed E-state index contributed by atoms with van der Waals surface area (Å²) in [6.45, 7) is 3.84. The summed E-state index contributed by atoms with van der Waals surface area (Å²) in [6, 6.07) is 0. The van der Waals surface area contributed by atoms with Crippen LogP contribution >= 0.6 is 23.2 Å². The Balaban J connectivity index is 2.91. The number of halogens is 2. The second-order valence-corrected chi connectivity index (χ2v) is 4.01. The van der Waals surface area contributed by atoms with E-state index in [0.717, 1.165) is 0 Å². The van der Waals surface area contributed by atoms with Crippen LogP contribution in [0.3, 0.4) is 0 Å². The molecule has 0 saturated heterocycles. The van der Waals surface area contributed by atoms with Crippen LogP contribution in [0.25, 0.3) is 0 Å². The number of aromatic nitrogens is 2. The molecule has 1 rings (SSSR count). The molecule has 1 aromatic heterocycles. The van der Waals surface area contributed by atoms with Gasteiger partial charge in [-0.15, -0.1) is 0 Å². The molecule has 17 heavy (non-hydrogen) atoms. The van der Waals surface area contributed by atoms with Gasteiger partial charge < -0.3 is 9.30 Å². The molecule has 0 N–H and O–H groups in total. The van der Waals surface area contributed by atoms with Gasteiger partial charge in [-0.3, -0.25) is 9.59 Å². The third kappa shape index (κ3) is 3.44. The Labute approximate surface area is 108 Å². The van der Waals surface area contributed by atoms with Gasteiger partial charge in [-0.05, 0) is 13.8 Å². The molecule has 0 aliphatic carbocycles. The van der Waals surface area contributed by atoms with Crippen molar-refractivity contribution in [3.05, 3.63) is 26.4 Å². The topological polar surface area (TPSA) is 61.2 Å². The number of hydrogen-bond donors (Lipinski definition) is 0. The van der Waals surface area contributed by atoms with Gasteiger partial charge in [-0.25, -0.2) is 4.98 Å². The maximum absolute atomic E-state index is 11.7. The molecular weight excluding hydrogens is 267 g/mol. The average Bonchev–Trinajstić information content (AvgIpc) is 2.27. The summed E-state index contributed by atoms with van der Waals surface area (Å²) in [7, 11) is 0. The van der Waals surface area contributed by atoms with Crippen molar-refractivity contribution in [2.45, 2.75) is 26.8 Å². The molecule has 1 aromatic rings. The van der Waals surface area contributed by atoms with E-state index in [9.17, 15) is 9.59 Å². The van der Waals surface area contributed by atoms with Gasteiger partial charge in [0.05, 0.1) is 18.7 Å². The van der Waals surface area contributed by atoms with Gasteiger partial charge in [-0.1, -0.05) is 23.2 Å². The van der Waals surface area contributed by atoms with Crippen LogP contribution in [-0.2, 0) is 16.1 Å². The van der Waals surface area contributed by atoms with Gasteiger partial charge in [0.2, 0.25) is 0 Å². The fourth-order valence-corrected chi connectivity index (χ4v) is 1.71. The molecule has 7 heteroatoms. The fourth-order valence-electron chi connectivity index (χ4n) is 1.30. The van der Waals surface area contributed by atoms with Crippen LogP contribution in [0.2, 0.25) is 10.3 Å². The van der Waals surface area contributed by atoms with Crippen LogP contribution in [0.15, 0.2) is 4.79 Å². The molecule has 1 heterocycles. The van der Waals surface area contributed by atoms with Crippen molar-refractivity contribution < 1.29 is 9.53 Å². The van der Waals surface area contributed by atoms with E-state index in [1.54, 1.807) is 13.8 Å². The van der Waals surface area contributed by atoms with Gasteiger partial charge in [0, 0.05) is 6.54 Å². The number of carbonyl (C=O) groups is 1. The molecule has 0 radical (unpaired) electrons. The van der Waals surface area contributed by atoms with E-state index in [1.807, 2.05) is 0 Å². The van der Waals surface area contributed by atoms with Gasteiger partial charge in [0.1, 0.15) is 5.15 Å². The predicted octanol–water partition coefficient (Wildman–Crippen LogP) is 1.81. The summed E-state index contributed by atoms with van der Waals surface area (Å²) in [5.41, 5.74) is 0.0169. The molecule has 94 valence electrons. The van der Waals surface area contributed by atoms with Crippen LogP contribution in [0, 0.1) is 6.92 Å². The maximum Gasteiger partial charge on any atom is 0.307 e. The lowest BCUT2D eigenvalue weighted by molar-refractivity contribution is -0.143. The summed E-state index contributed by atoms with van der Waals surface area (Å²) >= 11 is 11.4. The summed E-state index contributed by atoms with van der Waals surface area (Å²) in [5.74, 6) is -0.372. The molecule has 5 nitrogen and oxygen atoms in total. The van der Waals surface area contributed by atoms with Crippen molar-refractivity contribution in [3.8, 4) is 0 Å². The second kappa shape index (κ2) is 6.02. The largest absolute Gasteiger partial charge is 0.466 e. The summed E-state index contributed by atoms with van der Waals surface area (Å²) in [6.07, 6.45) is 0.0885. The Morgan fingerprint density at radius 3 is 2.65 bits per heavy atom. The summed E-state index contributed by atoms with van der Waals surface area (Å²) < 4.78 is 6.08. The molecule has 0 aliphatic rings. The Morgan fingerprint density at radius 1 is 1.41 bits per heavy atom. The van der Waals surface area contributed by atoms with Gasteiger partial charge in [-0.2, -0.15) is 0 Å². The van der Waals surface area contributed by atoms with Gasteiger partial charge >= 0.3 is 5.97 Å². The summed E-state index contributed by atoms with van der Waals surface area (Å²) in [5, 5.41) is -0.0529. The Hall–Kier alpha value is -1.07. The van der Waals surface area contributed by atoms with Crippen molar-refractivity contribution in [1.29, 1.82) is 0 Å². The zero-order valence-corrected chi connectivity index (χ0v) is 11.0. The number of hydrogen-bond acceptors (Lipinski definition) is 4. The smallest absolute Gasteiger partial charge is 0.307 e. The molecule has 0 fully saturated rings. The average molecular weight is 279 g/mol. The van der Waals surface area contributed by atoms with Gasteiger partial charge in [0.25, 0.3) is 5.56 Å². The molecule has 0 atom stereocenters. The molecule has 0 spiro atoms. The third-order valence-electron chi connectivity index (χ3n) is 2.17. The standard InChI is InChI=1S/C10H12Cl2N2O3/c1-3-17-7(15)4-5-14-6(2)8(11)13-9(12)10(14)16/h3-5H2,1-2H3. The highest BCUT2D eigenvalue weighted by atomic mass is 35.5. The van der Waals surface area contributed by atoms with Crippen molar-refractivity contribution in [2.24, 2.45) is 0 Å². The van der Waals surface area contributed by atoms with E-state index in [1.165, 1.54) is 4.57 Å². The minimum Gasteiger partial charge on any atom is -0.466 e. The van der Waals surface area contributed by atoms with E-state index in [4.69, 9.17) is 27.9 Å². The molecular formula is C10H12Cl2N2O3. The van der Waals surface area contributed by atoms with E-state index in [0.29, 0.717) is 12.3 Å². The van der Waals surface area contributed by atoms with Crippen LogP contribution in [0.4, 0.5) is 0 Å². The lowest BCUT2D eigenvalue weighted by Crippen LogP contribution is -2.25. The first kappa shape index (κ1) is 14.0. The first-order chi connectivity index (χ1) is 7.97. The Morgan fingerprint density at radius 2 is 2.06 bits per heavy atom. The minimum absolute atomic E-state index is 0.0885. The van der Waals surface area contributed by atoms with Crippen molar-refractivity contribution in [3.63, 3.8) is 0 Å². The molecule has 0 amide bonds. The summed E-state index contributed by atoms with van der Waals surface area (Å²) in [4.78, 5) is 26.5. The number of esters is 1. The molecule has 0 bridgehead atoms. The normalized spacial score (nSPS) is 10.4. The maximum atomic E-state index is 11.7. The molecule has 0 saturated carbocycles. The zero-order valence-electron chi connectivity index (χ0n) is 9.50. The highest BCUT2D eigenvalue weighted by molar-refractivity contribution is 6.32. The van der Waals surface area contributed by atoms with E-state index >= 15 is 0 Å². The number of nitrogens with zero attached hydrogens (tertiary/aromatic N) is 2. The molecule has 0 aliphatic heterocycles. The van der Waals surface area contributed by atoms with Crippen molar-refractivity contribution in [1.82, 2.24) is 9.55 Å². The highest BCUT2D eigenvalue weighted by Crippen LogP contribution is 2.12. The minimum atomic E-state index is -0.460. The lowest BCUT2D eigenvalue weighted by Gasteiger charge is -2.10. The predicted molar refractivity (Wildman–Crippen MR) is 64.5 cm³/mol. The fraction of sp³-hybridized carbons (Fsp3) is 0.500. The third-order valence-corrected chi connectivity index (χ3v) is 2.77. The number of carbonyl (C=O) groups excluding carboxylic acids is 1. The van der Waals surface area contributed by atoms with Crippen LogP contribution in [0.5, 0.6) is 0 Å². The lowest BCUT2D eigenvalue weighted by atomic mass is 10.4. The Bertz CT molecular complexity index is 485. The second-order valence-electron chi connectivity index (χ2n) is 3.29. The highest BCUT2D eigenvalue weighted by Gasteiger charge is 2.12. The van der Waals surface area contributed by atoms with E-state index in [-0.39, 0.29) is 29.2 Å². The monoisotopic (exact) mass is 278 g/mol. The van der Waals surface area contributed by atoms with Crippen LogP contribution < -0.4 is 5.56 Å². The van der Waals surface area contributed by atoms with E-state index < -0.39 is 5.56 Å². The molecule has 0 aromatic carbocycles. The van der Waals surface area contributed by atoms with Crippen molar-refractivity contribution in [2.75, 3.05) is 6.61 Å². The van der Waals surface area contributed by atoms with E-state index in [2.05, 4.69) is 4.98 Å². The van der Waals surface area contributed by atoms with Crippen LogP contribution in [-0.4, -0.2) is 22.1 Å². The zero-order chi connectivity index (χ0) is 13.0. The first-order valence-electron chi connectivity index (χ1n) is 5.05. The number of ether oxygens (including phenoxy) is 1. The quantitative estimate of drug-likeness (QED) is 0.789.